The third kappa shape index (κ3) is 2.71. The van der Waals surface area contributed by atoms with Gasteiger partial charge >= 0.3 is 0 Å². The van der Waals surface area contributed by atoms with Gasteiger partial charge in [-0.25, -0.2) is 9.97 Å². The molecule has 3 nitrogen and oxygen atoms in total. The zero-order valence-electron chi connectivity index (χ0n) is 11.6. The molecule has 0 fully saturated rings. The Hall–Kier alpha value is -1.36. The lowest BCUT2D eigenvalue weighted by Crippen LogP contribution is -2.03. The van der Waals surface area contributed by atoms with Gasteiger partial charge in [-0.15, -0.1) is 11.3 Å². The van der Waals surface area contributed by atoms with Crippen molar-refractivity contribution >= 4 is 51.3 Å². The molecule has 0 aliphatic carbocycles. The molecule has 1 aromatic carbocycles. The highest BCUT2D eigenvalue weighted by Crippen LogP contribution is 2.38. The van der Waals surface area contributed by atoms with Gasteiger partial charge in [0.1, 0.15) is 10.2 Å². The third-order valence-electron chi connectivity index (χ3n) is 3.17. The van der Waals surface area contributed by atoms with Gasteiger partial charge in [-0.2, -0.15) is 0 Å². The summed E-state index contributed by atoms with van der Waals surface area (Å²) in [4.78, 5) is 9.29. The number of para-hydroxylation sites is 1. The van der Waals surface area contributed by atoms with Crippen molar-refractivity contribution in [1.82, 2.24) is 9.97 Å². The molecule has 2 aromatic heterocycles. The molecule has 0 atom stereocenters. The molecule has 21 heavy (non-hydrogen) atoms. The number of aromatic nitrogens is 2. The van der Waals surface area contributed by atoms with E-state index in [-0.39, 0.29) is 0 Å². The van der Waals surface area contributed by atoms with E-state index < -0.39 is 0 Å². The standard InChI is InChI=1S/C15H13Cl2N3S/c1-3-18-14-9-6-4-5-8(2)12(9)19-15(20-14)10-7-11(16)21-13(10)17/h4-7H,3H2,1-2H3,(H,18,19,20). The van der Waals surface area contributed by atoms with Gasteiger partial charge in [-0.1, -0.05) is 35.3 Å². The summed E-state index contributed by atoms with van der Waals surface area (Å²) >= 11 is 13.6. The number of nitrogens with zero attached hydrogens (tertiary/aromatic N) is 2. The first-order valence-corrected chi connectivity index (χ1v) is 8.14. The summed E-state index contributed by atoms with van der Waals surface area (Å²) in [7, 11) is 0. The van der Waals surface area contributed by atoms with Crippen molar-refractivity contribution in [2.45, 2.75) is 13.8 Å². The average Bonchev–Trinajstić information content (AvgIpc) is 2.79. The van der Waals surface area contributed by atoms with Crippen molar-refractivity contribution in [3.05, 3.63) is 38.5 Å². The third-order valence-corrected chi connectivity index (χ3v) is 4.66. The van der Waals surface area contributed by atoms with Gasteiger partial charge in [-0.3, -0.25) is 0 Å². The number of hydrogen-bond donors (Lipinski definition) is 1. The van der Waals surface area contributed by atoms with Crippen molar-refractivity contribution in [3.63, 3.8) is 0 Å². The van der Waals surface area contributed by atoms with Gasteiger partial charge in [0, 0.05) is 11.9 Å². The number of fused-ring (bicyclic) bond motifs is 1. The SMILES string of the molecule is CCNc1nc(-c2cc(Cl)sc2Cl)nc2c(C)cccc12. The van der Waals surface area contributed by atoms with Crippen LogP contribution in [0.4, 0.5) is 5.82 Å². The molecular weight excluding hydrogens is 325 g/mol. The smallest absolute Gasteiger partial charge is 0.164 e. The summed E-state index contributed by atoms with van der Waals surface area (Å²) in [6, 6.07) is 7.88. The van der Waals surface area contributed by atoms with Crippen molar-refractivity contribution in [3.8, 4) is 11.4 Å². The molecule has 0 aliphatic heterocycles. The van der Waals surface area contributed by atoms with Gasteiger partial charge < -0.3 is 5.32 Å². The first kappa shape index (κ1) is 14.6. The lowest BCUT2D eigenvalue weighted by Gasteiger charge is -2.10. The van der Waals surface area contributed by atoms with Gasteiger partial charge in [0.05, 0.1) is 15.4 Å². The molecule has 0 radical (unpaired) electrons. The molecule has 0 saturated heterocycles. The minimum atomic E-state index is 0.598. The van der Waals surface area contributed by atoms with Crippen LogP contribution in [0.5, 0.6) is 0 Å². The molecule has 0 amide bonds. The van der Waals surface area contributed by atoms with Gasteiger partial charge in [0.15, 0.2) is 5.82 Å². The second-order valence-electron chi connectivity index (χ2n) is 4.64. The van der Waals surface area contributed by atoms with Crippen LogP contribution in [-0.2, 0) is 0 Å². The van der Waals surface area contributed by atoms with Crippen LogP contribution >= 0.6 is 34.5 Å². The Morgan fingerprint density at radius 3 is 2.71 bits per heavy atom. The predicted molar refractivity (Wildman–Crippen MR) is 91.8 cm³/mol. The van der Waals surface area contributed by atoms with E-state index in [0.717, 1.165) is 34.4 Å². The maximum absolute atomic E-state index is 6.23. The number of benzene rings is 1. The minimum absolute atomic E-state index is 0.598. The lowest BCUT2D eigenvalue weighted by atomic mass is 10.1. The first-order chi connectivity index (χ1) is 10.1. The maximum atomic E-state index is 6.23. The zero-order chi connectivity index (χ0) is 15.0. The molecule has 2 heterocycles. The Morgan fingerprint density at radius 2 is 2.05 bits per heavy atom. The number of aryl methyl sites for hydroxylation is 1. The molecule has 0 saturated carbocycles. The van der Waals surface area contributed by atoms with E-state index in [1.807, 2.05) is 38.1 Å². The van der Waals surface area contributed by atoms with Crippen LogP contribution in [0.2, 0.25) is 8.67 Å². The number of thiophene rings is 1. The molecule has 6 heteroatoms. The zero-order valence-corrected chi connectivity index (χ0v) is 13.9. The van der Waals surface area contributed by atoms with E-state index in [1.54, 1.807) is 0 Å². The topological polar surface area (TPSA) is 37.8 Å². The Balaban J connectivity index is 2.29. The monoisotopic (exact) mass is 337 g/mol. The van der Waals surface area contributed by atoms with Gasteiger partial charge in [0.2, 0.25) is 0 Å². The fourth-order valence-corrected chi connectivity index (χ4v) is 3.67. The summed E-state index contributed by atoms with van der Waals surface area (Å²) in [6.07, 6.45) is 0. The molecule has 0 spiro atoms. The van der Waals surface area contributed by atoms with Crippen LogP contribution in [0.1, 0.15) is 12.5 Å². The first-order valence-electron chi connectivity index (χ1n) is 6.56. The number of anilines is 1. The van der Waals surface area contributed by atoms with Crippen LogP contribution < -0.4 is 5.32 Å². The summed E-state index contributed by atoms with van der Waals surface area (Å²) < 4.78 is 1.24. The van der Waals surface area contributed by atoms with Crippen LogP contribution in [0.3, 0.4) is 0 Å². The molecule has 3 aromatic rings. The second kappa shape index (κ2) is 5.79. The Labute approximate surface area is 137 Å². The molecule has 1 N–H and O–H groups in total. The minimum Gasteiger partial charge on any atom is -0.370 e. The number of nitrogens with one attached hydrogen (secondary N) is 1. The van der Waals surface area contributed by atoms with Crippen LogP contribution in [-0.4, -0.2) is 16.5 Å². The van der Waals surface area contributed by atoms with Crippen molar-refractivity contribution in [2.24, 2.45) is 0 Å². The van der Waals surface area contributed by atoms with E-state index in [1.165, 1.54) is 11.3 Å². The molecular formula is C15H13Cl2N3S. The highest BCUT2D eigenvalue weighted by atomic mass is 35.5. The molecule has 0 unspecified atom stereocenters. The van der Waals surface area contributed by atoms with E-state index in [4.69, 9.17) is 23.2 Å². The largest absolute Gasteiger partial charge is 0.370 e. The quantitative estimate of drug-likeness (QED) is 0.694. The van der Waals surface area contributed by atoms with Gasteiger partial charge in [0.25, 0.3) is 0 Å². The number of rotatable bonds is 3. The fourth-order valence-electron chi connectivity index (χ4n) is 2.21. The van der Waals surface area contributed by atoms with Crippen molar-refractivity contribution < 1.29 is 0 Å². The summed E-state index contributed by atoms with van der Waals surface area (Å²) in [5.41, 5.74) is 2.81. The average molecular weight is 338 g/mol. The van der Waals surface area contributed by atoms with E-state index >= 15 is 0 Å². The predicted octanol–water partition coefficient (Wildman–Crippen LogP) is 5.41. The molecule has 108 valence electrons. The highest BCUT2D eigenvalue weighted by molar-refractivity contribution is 7.20. The Bertz CT molecular complexity index is 814. The molecule has 0 aliphatic rings. The van der Waals surface area contributed by atoms with Crippen LogP contribution in [0.15, 0.2) is 24.3 Å². The van der Waals surface area contributed by atoms with Crippen molar-refractivity contribution in [1.29, 1.82) is 0 Å². The van der Waals surface area contributed by atoms with Crippen LogP contribution in [0.25, 0.3) is 22.3 Å². The van der Waals surface area contributed by atoms with Crippen LogP contribution in [0, 0.1) is 6.92 Å². The lowest BCUT2D eigenvalue weighted by molar-refractivity contribution is 1.14. The molecule has 0 bridgehead atoms. The Morgan fingerprint density at radius 1 is 1.24 bits per heavy atom. The molecule has 3 rings (SSSR count). The number of halogens is 2. The highest BCUT2D eigenvalue weighted by Gasteiger charge is 2.15. The summed E-state index contributed by atoms with van der Waals surface area (Å²) in [5.74, 6) is 1.42. The second-order valence-corrected chi connectivity index (χ2v) is 6.92. The van der Waals surface area contributed by atoms with E-state index in [9.17, 15) is 0 Å². The van der Waals surface area contributed by atoms with E-state index in [0.29, 0.717) is 14.5 Å². The summed E-state index contributed by atoms with van der Waals surface area (Å²) in [5, 5.41) is 4.30. The summed E-state index contributed by atoms with van der Waals surface area (Å²) in [6.45, 7) is 4.87. The maximum Gasteiger partial charge on any atom is 0.164 e. The number of hydrogen-bond acceptors (Lipinski definition) is 4. The van der Waals surface area contributed by atoms with E-state index in [2.05, 4.69) is 15.3 Å². The Kier molecular flexibility index (Phi) is 4.02. The fraction of sp³-hybridized carbons (Fsp3) is 0.200. The normalized spacial score (nSPS) is 11.0. The van der Waals surface area contributed by atoms with Gasteiger partial charge in [-0.05, 0) is 31.5 Å². The van der Waals surface area contributed by atoms with Crippen molar-refractivity contribution in [2.75, 3.05) is 11.9 Å².